The summed E-state index contributed by atoms with van der Waals surface area (Å²) in [4.78, 5) is 57.3. The highest BCUT2D eigenvalue weighted by molar-refractivity contribution is 5.97. The maximum absolute atomic E-state index is 14.7. The number of ketones is 3. The molecule has 0 aromatic heterocycles. The summed E-state index contributed by atoms with van der Waals surface area (Å²) in [5.74, 6) is -3.55. The number of esters is 1. The molecule has 2 bridgehead atoms. The van der Waals surface area contributed by atoms with Crippen molar-refractivity contribution in [1.29, 1.82) is 0 Å². The van der Waals surface area contributed by atoms with Crippen LogP contribution in [0.25, 0.3) is 0 Å². The van der Waals surface area contributed by atoms with E-state index >= 15 is 0 Å². The summed E-state index contributed by atoms with van der Waals surface area (Å²) in [7, 11) is 1.30. The smallest absolute Gasteiger partial charge is 0.313 e. The first-order valence-corrected chi connectivity index (χ1v) is 18.7. The number of rotatable bonds is 2. The molecule has 49 heavy (non-hydrogen) atoms. The third-order valence-corrected chi connectivity index (χ3v) is 12.6. The number of carbonyl (C=O) groups excluding carboxylic acids is 4. The fourth-order valence-corrected chi connectivity index (χ4v) is 9.26. The van der Waals surface area contributed by atoms with Gasteiger partial charge in [-0.15, -0.1) is 0 Å². The Balaban J connectivity index is 1.96. The Morgan fingerprint density at radius 1 is 0.980 bits per heavy atom. The molecule has 1 saturated heterocycles. The Labute approximate surface area is 294 Å². The number of methoxy groups -OCH3 is 1. The van der Waals surface area contributed by atoms with E-state index in [-0.39, 0.29) is 73.3 Å². The second kappa shape index (κ2) is 15.9. The second-order valence-electron chi connectivity index (χ2n) is 16.7. The fraction of sp³-hybridized carbons (Fsp3) is 0.756. The predicted molar refractivity (Wildman–Crippen MR) is 189 cm³/mol. The van der Waals surface area contributed by atoms with E-state index in [9.17, 15) is 29.4 Å². The summed E-state index contributed by atoms with van der Waals surface area (Å²) in [6.45, 7) is 17.9. The van der Waals surface area contributed by atoms with Crippen molar-refractivity contribution in [2.24, 2.45) is 40.9 Å². The number of hydrogen-bond acceptors (Lipinski definition) is 8. The molecular weight excluding hydrogens is 620 g/mol. The van der Waals surface area contributed by atoms with Crippen LogP contribution in [0, 0.1) is 40.9 Å². The average molecular weight is 683 g/mol. The van der Waals surface area contributed by atoms with Crippen molar-refractivity contribution in [1.82, 2.24) is 0 Å². The first-order chi connectivity index (χ1) is 22.9. The summed E-state index contributed by atoms with van der Waals surface area (Å²) in [6.07, 6.45) is 4.84. The van der Waals surface area contributed by atoms with Gasteiger partial charge in [0.1, 0.15) is 17.3 Å². The van der Waals surface area contributed by atoms with Crippen LogP contribution in [0.4, 0.5) is 0 Å². The summed E-state index contributed by atoms with van der Waals surface area (Å²) in [5, 5.41) is 23.4. The maximum Gasteiger partial charge on any atom is 0.313 e. The standard InChI is InChI=1S/C41H62O8/c1-23(2)29-21-32(42)26(5)12-10-11-24(3)18-33(43)30-19-28(7)38-31(41(30,22-35(29)45)39(47)48-9)17-25(4)13-14-37(46)40(8)16-15-36(49-40)27(6)20-34(38)44/h17,23-24,26,29-31,34,36-37,44,46H,6,10-16,18-22H2,1-5,7-9H3/b25-17+/t24-,26+,29-,30+,31-,34+,36+,37+,40+,41+/m0/s1. The van der Waals surface area contributed by atoms with Crippen molar-refractivity contribution in [2.45, 2.75) is 149 Å². The normalized spacial score (nSPS) is 40.3. The van der Waals surface area contributed by atoms with Crippen molar-refractivity contribution >= 4 is 23.3 Å². The quantitative estimate of drug-likeness (QED) is 0.234. The second-order valence-corrected chi connectivity index (χ2v) is 16.7. The fourth-order valence-electron chi connectivity index (χ4n) is 9.26. The number of carbonyl (C=O) groups is 4. The highest BCUT2D eigenvalue weighted by Crippen LogP contribution is 2.55. The van der Waals surface area contributed by atoms with E-state index in [2.05, 4.69) is 6.58 Å². The molecular formula is C41H62O8. The molecule has 0 spiro atoms. The van der Waals surface area contributed by atoms with Crippen LogP contribution in [-0.2, 0) is 28.7 Å². The van der Waals surface area contributed by atoms with Crippen molar-refractivity contribution in [3.05, 3.63) is 34.9 Å². The van der Waals surface area contributed by atoms with Crippen LogP contribution in [0.5, 0.6) is 0 Å². The highest BCUT2D eigenvalue weighted by Gasteiger charge is 2.60. The number of hydrogen-bond donors (Lipinski definition) is 2. The number of Topliss-reactive ketones (excluding diaryl/α,β-unsaturated/α-hetero) is 3. The number of aliphatic hydroxyl groups excluding tert-OH is 2. The molecule has 10 atom stereocenters. The van der Waals surface area contributed by atoms with E-state index in [0.717, 1.165) is 24.0 Å². The van der Waals surface area contributed by atoms with Crippen LogP contribution in [0.2, 0.25) is 0 Å². The summed E-state index contributed by atoms with van der Waals surface area (Å²) < 4.78 is 12.0. The molecule has 0 aromatic rings. The Kier molecular flexibility index (Phi) is 12.7. The van der Waals surface area contributed by atoms with Crippen LogP contribution in [-0.4, -0.2) is 64.6 Å². The van der Waals surface area contributed by atoms with Gasteiger partial charge in [0.05, 0.1) is 36.4 Å². The zero-order valence-corrected chi connectivity index (χ0v) is 31.3. The van der Waals surface area contributed by atoms with Crippen LogP contribution in [0.3, 0.4) is 0 Å². The van der Waals surface area contributed by atoms with Crippen LogP contribution < -0.4 is 0 Å². The number of fused-ring (bicyclic) bond motifs is 5. The lowest BCUT2D eigenvalue weighted by molar-refractivity contribution is -0.166. The molecule has 2 N–H and O–H groups in total. The minimum Gasteiger partial charge on any atom is -0.469 e. The third-order valence-electron chi connectivity index (χ3n) is 12.6. The zero-order valence-electron chi connectivity index (χ0n) is 31.3. The minimum absolute atomic E-state index is 0.0300. The molecule has 0 aromatic carbocycles. The van der Waals surface area contributed by atoms with Gasteiger partial charge in [0.15, 0.2) is 0 Å². The Bertz CT molecular complexity index is 1360. The summed E-state index contributed by atoms with van der Waals surface area (Å²) in [6, 6.07) is 0. The van der Waals surface area contributed by atoms with Crippen LogP contribution >= 0.6 is 0 Å². The molecule has 4 rings (SSSR count). The van der Waals surface area contributed by atoms with Crippen molar-refractivity contribution in [3.63, 3.8) is 0 Å². The van der Waals surface area contributed by atoms with E-state index in [1.165, 1.54) is 7.11 Å². The lowest BCUT2D eigenvalue weighted by atomic mass is 9.53. The highest BCUT2D eigenvalue weighted by atomic mass is 16.5. The van der Waals surface area contributed by atoms with Gasteiger partial charge in [-0.2, -0.15) is 0 Å². The molecule has 1 saturated carbocycles. The first kappa shape index (κ1) is 39.4. The molecule has 2 heterocycles. The van der Waals surface area contributed by atoms with Crippen molar-refractivity contribution in [2.75, 3.05) is 7.11 Å². The number of aliphatic hydroxyl groups is 2. The number of ether oxygens (including phenoxy) is 2. The first-order valence-electron chi connectivity index (χ1n) is 18.7. The van der Waals surface area contributed by atoms with Crippen LogP contribution in [0.1, 0.15) is 126 Å². The molecule has 0 radical (unpaired) electrons. The predicted octanol–water partition coefficient (Wildman–Crippen LogP) is 7.05. The van der Waals surface area contributed by atoms with Crippen molar-refractivity contribution in [3.8, 4) is 0 Å². The van der Waals surface area contributed by atoms with Gasteiger partial charge in [-0.05, 0) is 82.3 Å². The number of allylic oxidation sites excluding steroid dienone is 3. The Morgan fingerprint density at radius 2 is 1.67 bits per heavy atom. The van der Waals surface area contributed by atoms with E-state index in [1.54, 1.807) is 0 Å². The molecule has 8 heteroatoms. The van der Waals surface area contributed by atoms with Gasteiger partial charge >= 0.3 is 5.97 Å². The molecule has 2 aliphatic heterocycles. The van der Waals surface area contributed by atoms with Crippen molar-refractivity contribution < 1.29 is 38.9 Å². The lowest BCUT2D eigenvalue weighted by Gasteiger charge is -2.49. The molecule has 2 aliphatic carbocycles. The van der Waals surface area contributed by atoms with E-state index < -0.39 is 46.9 Å². The van der Waals surface area contributed by atoms with Gasteiger partial charge in [0, 0.05) is 49.4 Å². The monoisotopic (exact) mass is 682 g/mol. The van der Waals surface area contributed by atoms with Gasteiger partial charge in [0.2, 0.25) is 0 Å². The summed E-state index contributed by atoms with van der Waals surface area (Å²) >= 11 is 0. The van der Waals surface area contributed by atoms with E-state index in [0.29, 0.717) is 43.3 Å². The summed E-state index contributed by atoms with van der Waals surface area (Å²) in [5.41, 5.74) is 0.644. The van der Waals surface area contributed by atoms with Gasteiger partial charge < -0.3 is 19.7 Å². The van der Waals surface area contributed by atoms with E-state index in [4.69, 9.17) is 9.47 Å². The molecule has 274 valence electrons. The Hall–Kier alpha value is -2.42. The van der Waals surface area contributed by atoms with E-state index in [1.807, 2.05) is 54.5 Å². The molecule has 0 unspecified atom stereocenters. The van der Waals surface area contributed by atoms with Gasteiger partial charge in [-0.3, -0.25) is 19.2 Å². The molecule has 2 fully saturated rings. The van der Waals surface area contributed by atoms with Crippen LogP contribution in [0.15, 0.2) is 34.9 Å². The third kappa shape index (κ3) is 8.23. The minimum atomic E-state index is -1.63. The SMILES string of the molecule is C=C1C[C@@H](O)C2=C(C)C[C@@H]3C(=O)C[C@@H](C)CCC[C@@H](C)C(=O)C[C@@H](C(C)C)C(=O)C[C@]3(C(=O)OC)[C@H]2/C=C(\C)CC[C@@H](O)[C@@]2(C)CC[C@H]1O2. The van der Waals surface area contributed by atoms with Gasteiger partial charge in [-0.1, -0.05) is 64.3 Å². The molecule has 4 aliphatic rings. The lowest BCUT2D eigenvalue weighted by Crippen LogP contribution is -2.54. The van der Waals surface area contributed by atoms with Gasteiger partial charge in [-0.25, -0.2) is 0 Å². The topological polar surface area (TPSA) is 127 Å². The maximum atomic E-state index is 14.7. The largest absolute Gasteiger partial charge is 0.469 e. The molecule has 0 amide bonds. The van der Waals surface area contributed by atoms with Gasteiger partial charge in [0.25, 0.3) is 0 Å². The zero-order chi connectivity index (χ0) is 36.4. The molecule has 8 nitrogen and oxygen atoms in total. The Morgan fingerprint density at radius 3 is 2.33 bits per heavy atom. The average Bonchev–Trinajstić information content (AvgIpc) is 3.45.